The van der Waals surface area contributed by atoms with Gasteiger partial charge in [0.05, 0.1) is 11.2 Å². The number of methoxy groups -OCH3 is 2. The maximum atomic E-state index is 5.87. The van der Waals surface area contributed by atoms with E-state index in [0.29, 0.717) is 0 Å². The summed E-state index contributed by atoms with van der Waals surface area (Å²) >= 11 is 0. The topological polar surface area (TPSA) is 18.5 Å². The van der Waals surface area contributed by atoms with Crippen LogP contribution < -0.4 is 24.8 Å². The molecule has 0 fully saturated rings. The van der Waals surface area contributed by atoms with E-state index >= 15 is 0 Å². The smallest absolute Gasteiger partial charge is 1.00 e. The van der Waals surface area contributed by atoms with Crippen LogP contribution >= 0.6 is 18.5 Å². The Kier molecular flexibility index (Phi) is 22.8. The summed E-state index contributed by atoms with van der Waals surface area (Å²) in [6.07, 6.45) is 10.7. The van der Waals surface area contributed by atoms with Crippen molar-refractivity contribution in [1.29, 1.82) is 0 Å². The second-order valence-electron chi connectivity index (χ2n) is 12.2. The molecule has 0 N–H and O–H groups in total. The van der Waals surface area contributed by atoms with E-state index in [2.05, 4.69) is 126 Å². The molecule has 2 atom stereocenters. The first-order valence-electron chi connectivity index (χ1n) is 11.1. The molecule has 0 aliphatic carbocycles. The van der Waals surface area contributed by atoms with E-state index in [1.165, 1.54) is 0 Å². The molecule has 0 aliphatic heterocycles. The SMILES string of the molecule is COC(C=CCP)(C(C)(C)C)C(C)(C)C.COC(C=CCP)(C(C)(C)C)C(C)(C)C.[Cl-].[Cl-].[Ni+2]. The van der Waals surface area contributed by atoms with E-state index < -0.39 is 0 Å². The van der Waals surface area contributed by atoms with Crippen LogP contribution in [0, 0.1) is 21.7 Å². The van der Waals surface area contributed by atoms with Gasteiger partial charge in [-0.05, 0) is 34.0 Å². The Morgan fingerprint density at radius 2 is 0.697 bits per heavy atom. The minimum atomic E-state index is -0.226. The summed E-state index contributed by atoms with van der Waals surface area (Å²) in [6, 6.07) is 0. The van der Waals surface area contributed by atoms with E-state index in [9.17, 15) is 0 Å². The van der Waals surface area contributed by atoms with E-state index in [1.54, 1.807) is 0 Å². The van der Waals surface area contributed by atoms with Gasteiger partial charge in [-0.25, -0.2) is 0 Å². The molecule has 33 heavy (non-hydrogen) atoms. The number of halogens is 2. The van der Waals surface area contributed by atoms with E-state index in [0.717, 1.165) is 12.3 Å². The largest absolute Gasteiger partial charge is 2.00 e. The molecule has 0 amide bonds. The van der Waals surface area contributed by atoms with Crippen LogP contribution in [0.15, 0.2) is 24.3 Å². The number of ether oxygens (including phenoxy) is 2. The molecule has 7 heteroatoms. The van der Waals surface area contributed by atoms with E-state index in [1.807, 2.05) is 14.2 Å². The molecule has 0 radical (unpaired) electrons. The summed E-state index contributed by atoms with van der Waals surface area (Å²) in [6.45, 7) is 26.8. The summed E-state index contributed by atoms with van der Waals surface area (Å²) in [4.78, 5) is 0. The average Bonchev–Trinajstić information content (AvgIpc) is 2.52. The normalized spacial score (nSPS) is 13.6. The van der Waals surface area contributed by atoms with Gasteiger partial charge in [-0.2, -0.15) is 0 Å². The predicted molar refractivity (Wildman–Crippen MR) is 145 cm³/mol. The van der Waals surface area contributed by atoms with Gasteiger partial charge in [0.25, 0.3) is 0 Å². The van der Waals surface area contributed by atoms with Gasteiger partial charge in [0.2, 0.25) is 0 Å². The van der Waals surface area contributed by atoms with Crippen molar-refractivity contribution in [3.63, 3.8) is 0 Å². The first-order chi connectivity index (χ1) is 13.2. The van der Waals surface area contributed by atoms with Gasteiger partial charge in [-0.15, -0.1) is 18.5 Å². The Morgan fingerprint density at radius 3 is 0.788 bits per heavy atom. The maximum Gasteiger partial charge on any atom is 2.00 e. The van der Waals surface area contributed by atoms with Gasteiger partial charge < -0.3 is 34.3 Å². The van der Waals surface area contributed by atoms with Crippen LogP contribution in [0.2, 0.25) is 0 Å². The zero-order valence-electron chi connectivity index (χ0n) is 23.8. The molecule has 0 aliphatic rings. The van der Waals surface area contributed by atoms with Crippen LogP contribution in [0.1, 0.15) is 83.1 Å². The third kappa shape index (κ3) is 11.5. The summed E-state index contributed by atoms with van der Waals surface area (Å²) < 4.78 is 11.7. The van der Waals surface area contributed by atoms with Crippen LogP contribution in [0.4, 0.5) is 0 Å². The van der Waals surface area contributed by atoms with Crippen molar-refractivity contribution in [2.24, 2.45) is 21.7 Å². The van der Waals surface area contributed by atoms with E-state index in [-0.39, 0.29) is 74.2 Å². The van der Waals surface area contributed by atoms with Crippen molar-refractivity contribution in [2.45, 2.75) is 94.3 Å². The number of allylic oxidation sites excluding steroid dienone is 2. The van der Waals surface area contributed by atoms with Crippen molar-refractivity contribution in [2.75, 3.05) is 26.5 Å². The van der Waals surface area contributed by atoms with Crippen LogP contribution in [-0.4, -0.2) is 37.7 Å². The number of hydrogen-bond donors (Lipinski definition) is 0. The van der Waals surface area contributed by atoms with Gasteiger partial charge in [0.1, 0.15) is 0 Å². The molecule has 2 nitrogen and oxygen atoms in total. The summed E-state index contributed by atoms with van der Waals surface area (Å²) in [7, 11) is 9.05. The fourth-order valence-electron chi connectivity index (χ4n) is 5.08. The molecule has 0 spiro atoms. The van der Waals surface area contributed by atoms with Gasteiger partial charge in [0.15, 0.2) is 0 Å². The van der Waals surface area contributed by atoms with Crippen LogP contribution in [0.25, 0.3) is 0 Å². The first kappa shape index (κ1) is 44.3. The Hall–Kier alpha value is 1.33. The average molecular weight is 590 g/mol. The Labute approximate surface area is 235 Å². The maximum absolute atomic E-state index is 5.87. The predicted octanol–water partition coefficient (Wildman–Crippen LogP) is 1.80. The van der Waals surface area contributed by atoms with Crippen molar-refractivity contribution in [3.8, 4) is 0 Å². The molecule has 204 valence electrons. The quantitative estimate of drug-likeness (QED) is 0.267. The number of rotatable bonds is 6. The third-order valence-electron chi connectivity index (χ3n) is 6.08. The van der Waals surface area contributed by atoms with Gasteiger partial charge in [0, 0.05) is 14.2 Å². The van der Waals surface area contributed by atoms with E-state index in [4.69, 9.17) is 9.47 Å². The summed E-state index contributed by atoms with van der Waals surface area (Å²) in [5, 5.41) is 0. The standard InChI is InChI=1S/2C13H27OP.2ClH.Ni/c2*1-11(2,3)13(14-7,9-8-10-15)12(4,5)6;;;/h2*8-9H,10,15H2,1-7H3;2*1H;/q;;;;+2/p-2. The van der Waals surface area contributed by atoms with Crippen LogP contribution in [-0.2, 0) is 26.0 Å². The Balaban J connectivity index is -0.000000145. The molecule has 0 aromatic heterocycles. The molecule has 0 aromatic rings. The Bertz CT molecular complexity index is 475. The molecule has 2 unspecified atom stereocenters. The first-order valence-corrected chi connectivity index (χ1v) is 12.7. The summed E-state index contributed by atoms with van der Waals surface area (Å²) in [5.74, 6) is 0. The molecule has 0 rings (SSSR count). The van der Waals surface area contributed by atoms with Crippen LogP contribution in [0.5, 0.6) is 0 Å². The zero-order chi connectivity index (χ0) is 24.7. The minimum Gasteiger partial charge on any atom is -1.00 e. The van der Waals surface area contributed by atoms with Gasteiger partial charge in [-0.3, -0.25) is 0 Å². The van der Waals surface area contributed by atoms with Gasteiger partial charge in [-0.1, -0.05) is 107 Å². The molecular formula is C26H54Cl2NiO2P2. The summed E-state index contributed by atoms with van der Waals surface area (Å²) in [5.41, 5.74) is -0.132. The van der Waals surface area contributed by atoms with Crippen molar-refractivity contribution in [3.05, 3.63) is 24.3 Å². The molecule has 0 aromatic carbocycles. The Morgan fingerprint density at radius 1 is 0.515 bits per heavy atom. The molecular weight excluding hydrogens is 536 g/mol. The monoisotopic (exact) mass is 588 g/mol. The van der Waals surface area contributed by atoms with Crippen molar-refractivity contribution in [1.82, 2.24) is 0 Å². The fourth-order valence-corrected chi connectivity index (χ4v) is 5.35. The second-order valence-corrected chi connectivity index (χ2v) is 13.1. The minimum absolute atomic E-state index is 0. The second kappa shape index (κ2) is 17.0. The third-order valence-corrected chi connectivity index (χ3v) is 6.62. The molecule has 0 heterocycles. The van der Waals surface area contributed by atoms with Crippen molar-refractivity contribution < 1.29 is 50.8 Å². The van der Waals surface area contributed by atoms with Gasteiger partial charge >= 0.3 is 16.5 Å². The zero-order valence-corrected chi connectivity index (χ0v) is 28.6. The van der Waals surface area contributed by atoms with Crippen LogP contribution in [0.3, 0.4) is 0 Å². The molecule has 0 saturated carbocycles. The fraction of sp³-hybridized carbons (Fsp3) is 0.846. The van der Waals surface area contributed by atoms with Crippen molar-refractivity contribution >= 4 is 18.5 Å². The molecule has 0 saturated heterocycles. The number of hydrogen-bond acceptors (Lipinski definition) is 2. The molecule has 0 bridgehead atoms.